The van der Waals surface area contributed by atoms with Crippen LogP contribution < -0.4 is 0 Å². The lowest BCUT2D eigenvalue weighted by Crippen LogP contribution is -1.97. The average Bonchev–Trinajstić information content (AvgIpc) is 3.29. The second-order valence-electron chi connectivity index (χ2n) is 8.13. The van der Waals surface area contributed by atoms with Crippen LogP contribution in [0.5, 0.6) is 0 Å². The molecule has 7 rings (SSSR count). The van der Waals surface area contributed by atoms with E-state index in [9.17, 15) is 0 Å². The fourth-order valence-corrected chi connectivity index (χ4v) is 4.72. The third-order valence-corrected chi connectivity index (χ3v) is 6.20. The molecule has 0 aliphatic rings. The van der Waals surface area contributed by atoms with Gasteiger partial charge in [0, 0.05) is 21.9 Å². The first kappa shape index (κ1) is 18.0. The van der Waals surface area contributed by atoms with E-state index in [0.717, 1.165) is 38.9 Å². The van der Waals surface area contributed by atoms with Gasteiger partial charge in [0.2, 0.25) is 0 Å². The van der Waals surface area contributed by atoms with E-state index in [1.807, 2.05) is 48.5 Å². The minimum absolute atomic E-state index is 0.680. The number of hydrogen-bond acceptors (Lipinski definition) is 3. The summed E-state index contributed by atoms with van der Waals surface area (Å²) in [6.45, 7) is 0. The molecule has 0 fully saturated rings. The summed E-state index contributed by atoms with van der Waals surface area (Å²) < 4.78 is 2.23. The zero-order valence-corrected chi connectivity index (χ0v) is 17.7. The smallest absolute Gasteiger partial charge is 0.183 e. The van der Waals surface area contributed by atoms with Gasteiger partial charge < -0.3 is 0 Å². The Hall–Kier alpha value is -4.57. The maximum atomic E-state index is 5.08. The fraction of sp³-hybridized carbons (Fsp3) is 0. The Labute approximate surface area is 189 Å². The fourth-order valence-electron chi connectivity index (χ4n) is 4.72. The van der Waals surface area contributed by atoms with Crippen LogP contribution in [0.2, 0.25) is 0 Å². The molecule has 0 aliphatic carbocycles. The van der Waals surface area contributed by atoms with Gasteiger partial charge >= 0.3 is 0 Å². The quantitative estimate of drug-likeness (QED) is 0.284. The van der Waals surface area contributed by atoms with Crippen LogP contribution in [-0.2, 0) is 0 Å². The molecule has 0 atom stereocenters. The lowest BCUT2D eigenvalue weighted by atomic mass is 10.1. The summed E-state index contributed by atoms with van der Waals surface area (Å²) in [6, 6.07) is 37.3. The van der Waals surface area contributed by atoms with Gasteiger partial charge in [-0.25, -0.2) is 15.0 Å². The van der Waals surface area contributed by atoms with E-state index in [-0.39, 0.29) is 0 Å². The number of imidazole rings is 1. The summed E-state index contributed by atoms with van der Waals surface area (Å²) in [5.41, 5.74) is 6.52. The van der Waals surface area contributed by atoms with Crippen molar-refractivity contribution in [3.63, 3.8) is 0 Å². The molecule has 0 N–H and O–H groups in total. The van der Waals surface area contributed by atoms with E-state index >= 15 is 0 Å². The van der Waals surface area contributed by atoms with E-state index in [1.54, 1.807) is 0 Å². The third kappa shape index (κ3) is 2.68. The molecule has 0 aliphatic heterocycles. The molecular formula is C29H18N4. The third-order valence-electron chi connectivity index (χ3n) is 6.20. The SMILES string of the molecule is c1ccc(-c2nc(-c3ccccc3)c3c(n2)nc2c4ccccc4c4ccccc4n23)cc1. The number of aromatic nitrogens is 4. The number of fused-ring (bicyclic) bond motifs is 8. The van der Waals surface area contributed by atoms with Crippen LogP contribution in [0.1, 0.15) is 0 Å². The maximum Gasteiger partial charge on any atom is 0.183 e. The summed E-state index contributed by atoms with van der Waals surface area (Å²) >= 11 is 0. The predicted molar refractivity (Wildman–Crippen MR) is 134 cm³/mol. The van der Waals surface area contributed by atoms with Crippen molar-refractivity contribution < 1.29 is 0 Å². The van der Waals surface area contributed by atoms with Gasteiger partial charge in [0.1, 0.15) is 16.9 Å². The highest BCUT2D eigenvalue weighted by Gasteiger charge is 2.20. The van der Waals surface area contributed by atoms with Crippen molar-refractivity contribution in [1.82, 2.24) is 19.4 Å². The Kier molecular flexibility index (Phi) is 3.81. The van der Waals surface area contributed by atoms with Gasteiger partial charge in [0.25, 0.3) is 0 Å². The van der Waals surface area contributed by atoms with Gasteiger partial charge in [-0.05, 0) is 11.5 Å². The van der Waals surface area contributed by atoms with E-state index in [4.69, 9.17) is 15.0 Å². The van der Waals surface area contributed by atoms with Crippen LogP contribution in [0.15, 0.2) is 109 Å². The second kappa shape index (κ2) is 6.97. The number of rotatable bonds is 2. The van der Waals surface area contributed by atoms with Crippen molar-refractivity contribution in [1.29, 1.82) is 0 Å². The van der Waals surface area contributed by atoms with Crippen LogP contribution in [0, 0.1) is 0 Å². The Bertz CT molecular complexity index is 1800. The minimum atomic E-state index is 0.680. The zero-order valence-electron chi connectivity index (χ0n) is 17.7. The molecule has 0 amide bonds. The van der Waals surface area contributed by atoms with E-state index in [1.165, 1.54) is 10.8 Å². The highest BCUT2D eigenvalue weighted by molar-refractivity contribution is 6.14. The molecule has 0 saturated heterocycles. The van der Waals surface area contributed by atoms with Gasteiger partial charge in [-0.1, -0.05) is 103 Å². The van der Waals surface area contributed by atoms with Crippen molar-refractivity contribution in [3.05, 3.63) is 109 Å². The predicted octanol–water partition coefficient (Wildman–Crippen LogP) is 6.92. The molecule has 7 aromatic rings. The zero-order chi connectivity index (χ0) is 21.8. The van der Waals surface area contributed by atoms with Crippen LogP contribution in [0.3, 0.4) is 0 Å². The molecular weight excluding hydrogens is 404 g/mol. The monoisotopic (exact) mass is 422 g/mol. The molecule has 0 unspecified atom stereocenters. The molecule has 4 heteroatoms. The molecule has 3 heterocycles. The molecule has 0 radical (unpaired) electrons. The van der Waals surface area contributed by atoms with Crippen LogP contribution in [-0.4, -0.2) is 19.4 Å². The van der Waals surface area contributed by atoms with Crippen molar-refractivity contribution in [2.24, 2.45) is 0 Å². The van der Waals surface area contributed by atoms with Gasteiger partial charge in [0.15, 0.2) is 11.5 Å². The number of benzene rings is 4. The highest BCUT2D eigenvalue weighted by Crippen LogP contribution is 2.35. The minimum Gasteiger partial charge on any atom is -0.288 e. The first-order chi connectivity index (χ1) is 16.4. The summed E-state index contributed by atoms with van der Waals surface area (Å²) in [6.07, 6.45) is 0. The first-order valence-corrected chi connectivity index (χ1v) is 11.0. The Balaban J connectivity index is 1.73. The molecule has 154 valence electrons. The standard InChI is InChI=1S/C29H18N4/c1-3-11-19(12-4-1)25-26-28(31-27(30-25)20-13-5-2-6-14-20)32-29-23-17-8-7-15-21(23)22-16-9-10-18-24(22)33(26)29/h1-18H. The van der Waals surface area contributed by atoms with Gasteiger partial charge in [-0.3, -0.25) is 4.40 Å². The van der Waals surface area contributed by atoms with Gasteiger partial charge in [-0.15, -0.1) is 0 Å². The van der Waals surface area contributed by atoms with Crippen LogP contribution >= 0.6 is 0 Å². The summed E-state index contributed by atoms with van der Waals surface area (Å²) in [5.74, 6) is 0.680. The van der Waals surface area contributed by atoms with Crippen molar-refractivity contribution in [3.8, 4) is 22.6 Å². The number of para-hydroxylation sites is 1. The Morgan fingerprint density at radius 3 is 1.85 bits per heavy atom. The Morgan fingerprint density at radius 1 is 0.485 bits per heavy atom. The van der Waals surface area contributed by atoms with Crippen molar-refractivity contribution in [2.45, 2.75) is 0 Å². The lowest BCUT2D eigenvalue weighted by Gasteiger charge is -2.11. The maximum absolute atomic E-state index is 5.08. The first-order valence-electron chi connectivity index (χ1n) is 11.0. The molecule has 0 bridgehead atoms. The molecule has 0 saturated carbocycles. The highest BCUT2D eigenvalue weighted by atomic mass is 15.1. The normalized spacial score (nSPS) is 11.6. The number of hydrogen-bond donors (Lipinski definition) is 0. The van der Waals surface area contributed by atoms with E-state index in [2.05, 4.69) is 65.1 Å². The van der Waals surface area contributed by atoms with Crippen molar-refractivity contribution in [2.75, 3.05) is 0 Å². The topological polar surface area (TPSA) is 43.1 Å². The molecule has 0 spiro atoms. The van der Waals surface area contributed by atoms with E-state index in [0.29, 0.717) is 11.5 Å². The van der Waals surface area contributed by atoms with Gasteiger partial charge in [0.05, 0.1) is 5.52 Å². The van der Waals surface area contributed by atoms with E-state index < -0.39 is 0 Å². The number of pyridine rings is 1. The summed E-state index contributed by atoms with van der Waals surface area (Å²) in [4.78, 5) is 15.1. The molecule has 4 aromatic carbocycles. The molecule has 3 aromatic heterocycles. The largest absolute Gasteiger partial charge is 0.288 e. The van der Waals surface area contributed by atoms with Crippen molar-refractivity contribution >= 4 is 38.5 Å². The molecule has 33 heavy (non-hydrogen) atoms. The van der Waals surface area contributed by atoms with Crippen LogP contribution in [0.25, 0.3) is 61.1 Å². The number of nitrogens with zero attached hydrogens (tertiary/aromatic N) is 4. The summed E-state index contributed by atoms with van der Waals surface area (Å²) in [5, 5.41) is 3.48. The molecule has 4 nitrogen and oxygen atoms in total. The lowest BCUT2D eigenvalue weighted by molar-refractivity contribution is 1.20. The van der Waals surface area contributed by atoms with Gasteiger partial charge in [-0.2, -0.15) is 0 Å². The van der Waals surface area contributed by atoms with Crippen LogP contribution in [0.4, 0.5) is 0 Å². The summed E-state index contributed by atoms with van der Waals surface area (Å²) in [7, 11) is 0. The Morgan fingerprint density at radius 2 is 1.09 bits per heavy atom. The second-order valence-corrected chi connectivity index (χ2v) is 8.13. The average molecular weight is 422 g/mol.